The van der Waals surface area contributed by atoms with Crippen LogP contribution in [0.2, 0.25) is 5.02 Å². The van der Waals surface area contributed by atoms with Gasteiger partial charge in [-0.1, -0.05) is 59.3 Å². The Morgan fingerprint density at radius 2 is 1.97 bits per heavy atom. The molecule has 10 heteroatoms. The Bertz CT molecular complexity index is 1720. The molecular formula is C27H19ClN2O5S2. The van der Waals surface area contributed by atoms with E-state index in [1.54, 1.807) is 29.7 Å². The Hall–Kier alpha value is -3.66. The zero-order valence-electron chi connectivity index (χ0n) is 19.5. The van der Waals surface area contributed by atoms with Crippen LogP contribution in [0.3, 0.4) is 0 Å². The van der Waals surface area contributed by atoms with Gasteiger partial charge in [-0.2, -0.15) is 0 Å². The van der Waals surface area contributed by atoms with Gasteiger partial charge in [-0.25, -0.2) is 9.79 Å². The van der Waals surface area contributed by atoms with E-state index in [0.29, 0.717) is 42.7 Å². The second-order valence-corrected chi connectivity index (χ2v) is 10.6. The fourth-order valence-corrected chi connectivity index (χ4v) is 6.36. The third-order valence-corrected chi connectivity index (χ3v) is 8.20. The molecule has 0 aliphatic carbocycles. The van der Waals surface area contributed by atoms with E-state index in [2.05, 4.69) is 0 Å². The highest BCUT2D eigenvalue weighted by Crippen LogP contribution is 2.38. The predicted octanol–water partition coefficient (Wildman–Crippen LogP) is 4.38. The van der Waals surface area contributed by atoms with Gasteiger partial charge in [-0.05, 0) is 36.1 Å². The fraction of sp³-hybridized carbons (Fsp3) is 0.148. The number of fused-ring (bicyclic) bond motifs is 2. The first-order valence-corrected chi connectivity index (χ1v) is 13.5. The molecule has 4 heterocycles. The summed E-state index contributed by atoms with van der Waals surface area (Å²) in [5.74, 6) is 0.625. The van der Waals surface area contributed by atoms with Crippen LogP contribution in [0.5, 0.6) is 11.5 Å². The minimum Gasteiger partial charge on any atom is -0.463 e. The molecule has 0 fully saturated rings. The molecule has 6 rings (SSSR count). The average molecular weight is 551 g/mol. The highest BCUT2D eigenvalue weighted by Gasteiger charge is 2.35. The van der Waals surface area contributed by atoms with Crippen molar-refractivity contribution in [2.45, 2.75) is 13.0 Å². The van der Waals surface area contributed by atoms with Gasteiger partial charge in [0, 0.05) is 16.5 Å². The monoisotopic (exact) mass is 550 g/mol. The molecule has 4 aromatic rings. The quantitative estimate of drug-likeness (QED) is 0.345. The van der Waals surface area contributed by atoms with Crippen molar-refractivity contribution in [2.75, 3.05) is 13.4 Å². The molecule has 0 spiro atoms. The van der Waals surface area contributed by atoms with Crippen LogP contribution < -0.4 is 24.4 Å². The van der Waals surface area contributed by atoms with Gasteiger partial charge in [0.2, 0.25) is 6.79 Å². The number of rotatable bonds is 5. The first kappa shape index (κ1) is 23.7. The summed E-state index contributed by atoms with van der Waals surface area (Å²) in [6.07, 6.45) is 1.72. The molecule has 1 atom stereocenters. The predicted molar refractivity (Wildman–Crippen MR) is 143 cm³/mol. The Morgan fingerprint density at radius 1 is 1.19 bits per heavy atom. The van der Waals surface area contributed by atoms with Gasteiger partial charge < -0.3 is 14.2 Å². The molecule has 2 aromatic carbocycles. The Morgan fingerprint density at radius 3 is 2.70 bits per heavy atom. The number of carbonyl (C=O) groups excluding carboxylic acids is 1. The molecule has 0 unspecified atom stereocenters. The molecule has 0 amide bonds. The molecule has 37 heavy (non-hydrogen) atoms. The lowest BCUT2D eigenvalue weighted by atomic mass is 9.97. The van der Waals surface area contributed by atoms with E-state index in [1.807, 2.05) is 47.8 Å². The number of ether oxygens (including phenoxy) is 3. The number of thiazole rings is 1. The normalized spacial score (nSPS) is 16.5. The van der Waals surface area contributed by atoms with E-state index in [0.717, 1.165) is 10.4 Å². The summed E-state index contributed by atoms with van der Waals surface area (Å²) < 4.78 is 18.3. The van der Waals surface area contributed by atoms with Crippen molar-refractivity contribution < 1.29 is 19.0 Å². The Labute approximate surface area is 224 Å². The maximum absolute atomic E-state index is 13.9. The van der Waals surface area contributed by atoms with Gasteiger partial charge in [0.25, 0.3) is 5.56 Å². The van der Waals surface area contributed by atoms with Crippen LogP contribution in [0, 0.1) is 0 Å². The number of benzene rings is 2. The van der Waals surface area contributed by atoms with Crippen LogP contribution in [0.1, 0.15) is 29.0 Å². The number of esters is 1. The molecule has 2 aliphatic rings. The van der Waals surface area contributed by atoms with Crippen molar-refractivity contribution in [1.29, 1.82) is 0 Å². The van der Waals surface area contributed by atoms with Gasteiger partial charge in [-0.15, -0.1) is 11.3 Å². The third-order valence-electron chi connectivity index (χ3n) is 5.96. The maximum atomic E-state index is 13.9. The lowest BCUT2D eigenvalue weighted by Crippen LogP contribution is -2.39. The number of thiophene rings is 1. The van der Waals surface area contributed by atoms with Crippen LogP contribution >= 0.6 is 34.3 Å². The summed E-state index contributed by atoms with van der Waals surface area (Å²) in [7, 11) is 0. The van der Waals surface area contributed by atoms with E-state index >= 15 is 0 Å². The van der Waals surface area contributed by atoms with Crippen molar-refractivity contribution in [2.24, 2.45) is 4.99 Å². The highest BCUT2D eigenvalue weighted by atomic mass is 35.5. The van der Waals surface area contributed by atoms with E-state index in [4.69, 9.17) is 30.8 Å². The smallest absolute Gasteiger partial charge is 0.338 e. The van der Waals surface area contributed by atoms with Crippen LogP contribution in [-0.4, -0.2) is 23.9 Å². The molecule has 0 bridgehead atoms. The Balaban J connectivity index is 1.61. The van der Waals surface area contributed by atoms with Gasteiger partial charge in [0.05, 0.1) is 27.4 Å². The number of carbonyl (C=O) groups is 1. The van der Waals surface area contributed by atoms with Crippen molar-refractivity contribution in [1.82, 2.24) is 4.57 Å². The summed E-state index contributed by atoms with van der Waals surface area (Å²) in [6, 6.07) is 16.0. The standard InChI is InChI=1S/C27H19ClN2O5S2/c1-2-33-26(32)22-23(15-7-4-3-5-8-15)29-27-30(24(22)20-9-6-10-36-20)25(31)21(37-27)12-16-11-18-19(13-17(16)28)35-14-34-18/h3-13,24H,2,14H2,1H3/b21-12-/t24-/m0/s1. The summed E-state index contributed by atoms with van der Waals surface area (Å²) in [4.78, 5) is 33.4. The number of hydrogen-bond donors (Lipinski definition) is 0. The van der Waals surface area contributed by atoms with Crippen LogP contribution in [0.15, 0.2) is 75.3 Å². The average Bonchev–Trinajstić information content (AvgIpc) is 3.65. The van der Waals surface area contributed by atoms with Gasteiger partial charge in [0.1, 0.15) is 6.04 Å². The lowest BCUT2D eigenvalue weighted by Gasteiger charge is -2.24. The molecule has 2 aromatic heterocycles. The number of halogens is 1. The molecule has 0 saturated carbocycles. The van der Waals surface area contributed by atoms with Gasteiger partial charge in [-0.3, -0.25) is 9.36 Å². The minimum absolute atomic E-state index is 0.122. The molecule has 2 aliphatic heterocycles. The third kappa shape index (κ3) is 4.19. The van der Waals surface area contributed by atoms with Crippen LogP contribution in [-0.2, 0) is 9.53 Å². The van der Waals surface area contributed by atoms with Crippen molar-refractivity contribution in [3.05, 3.63) is 106 Å². The summed E-state index contributed by atoms with van der Waals surface area (Å²) in [5.41, 5.74) is 1.94. The molecular weight excluding hydrogens is 532 g/mol. The second-order valence-electron chi connectivity index (χ2n) is 8.17. The zero-order chi connectivity index (χ0) is 25.5. The zero-order valence-corrected chi connectivity index (χ0v) is 21.9. The molecule has 0 radical (unpaired) electrons. The van der Waals surface area contributed by atoms with E-state index < -0.39 is 12.0 Å². The first-order chi connectivity index (χ1) is 18.0. The van der Waals surface area contributed by atoms with Crippen molar-refractivity contribution >= 4 is 52.0 Å². The SMILES string of the molecule is CCOC(=O)C1=C(c2ccccc2)N=c2s/c(=C\c3cc4c(cc3Cl)OCO4)c(=O)n2[C@H]1c1cccs1. The largest absolute Gasteiger partial charge is 0.463 e. The highest BCUT2D eigenvalue weighted by molar-refractivity contribution is 7.10. The van der Waals surface area contributed by atoms with E-state index in [1.165, 1.54) is 22.7 Å². The van der Waals surface area contributed by atoms with Gasteiger partial charge in [0.15, 0.2) is 16.3 Å². The summed E-state index contributed by atoms with van der Waals surface area (Å²) in [6.45, 7) is 2.08. The second kappa shape index (κ2) is 9.66. The molecule has 0 saturated heterocycles. The van der Waals surface area contributed by atoms with Gasteiger partial charge >= 0.3 is 5.97 Å². The minimum atomic E-state index is -0.681. The van der Waals surface area contributed by atoms with Crippen molar-refractivity contribution in [3.8, 4) is 11.5 Å². The Kier molecular flexibility index (Phi) is 6.19. The lowest BCUT2D eigenvalue weighted by molar-refractivity contribution is -0.138. The maximum Gasteiger partial charge on any atom is 0.338 e. The number of nitrogens with zero attached hydrogens (tertiary/aromatic N) is 2. The summed E-state index contributed by atoms with van der Waals surface area (Å²) >= 11 is 9.20. The first-order valence-electron chi connectivity index (χ1n) is 11.5. The fourth-order valence-electron chi connectivity index (χ4n) is 4.34. The molecule has 186 valence electrons. The number of aromatic nitrogens is 1. The number of hydrogen-bond acceptors (Lipinski definition) is 8. The topological polar surface area (TPSA) is 79.1 Å². The van der Waals surface area contributed by atoms with E-state index in [9.17, 15) is 9.59 Å². The summed E-state index contributed by atoms with van der Waals surface area (Å²) in [5, 5.41) is 2.35. The van der Waals surface area contributed by atoms with Crippen molar-refractivity contribution in [3.63, 3.8) is 0 Å². The van der Waals surface area contributed by atoms with Crippen LogP contribution in [0.4, 0.5) is 0 Å². The molecule has 7 nitrogen and oxygen atoms in total. The van der Waals surface area contributed by atoms with E-state index in [-0.39, 0.29) is 19.0 Å². The molecule has 0 N–H and O–H groups in total. The van der Waals surface area contributed by atoms with Crippen LogP contribution in [0.25, 0.3) is 11.8 Å².